The van der Waals surface area contributed by atoms with Crippen LogP contribution in [0.2, 0.25) is 0 Å². The first-order chi connectivity index (χ1) is 17.8. The first-order valence-corrected chi connectivity index (χ1v) is 13.5. The highest BCUT2D eigenvalue weighted by molar-refractivity contribution is 5.97. The van der Waals surface area contributed by atoms with Gasteiger partial charge < -0.3 is 10.4 Å². The van der Waals surface area contributed by atoms with Crippen molar-refractivity contribution in [3.05, 3.63) is 82.7 Å². The highest BCUT2D eigenvalue weighted by atomic mass is 16.4. The van der Waals surface area contributed by atoms with Crippen molar-refractivity contribution in [3.8, 4) is 11.1 Å². The van der Waals surface area contributed by atoms with Crippen LogP contribution in [0.1, 0.15) is 79.8 Å². The first kappa shape index (κ1) is 28.1. The average molecular weight is 501 g/mol. The second-order valence-corrected chi connectivity index (χ2v) is 9.74. The molecule has 1 heterocycles. The number of carbonyl (C=O) groups is 2. The molecular weight excluding hydrogens is 460 g/mol. The number of aryl methyl sites for hydroxylation is 3. The lowest BCUT2D eigenvalue weighted by atomic mass is 9.83. The van der Waals surface area contributed by atoms with E-state index < -0.39 is 5.97 Å². The van der Waals surface area contributed by atoms with Gasteiger partial charge in [0.2, 0.25) is 5.91 Å². The molecule has 1 fully saturated rings. The Bertz CT molecular complexity index is 1210. The number of carboxylic acid groups (broad SMARTS) is 1. The lowest BCUT2D eigenvalue weighted by Gasteiger charge is -2.24. The number of benzene rings is 2. The Morgan fingerprint density at radius 3 is 2.30 bits per heavy atom. The molecule has 4 rings (SSSR count). The molecule has 0 radical (unpaired) electrons. The van der Waals surface area contributed by atoms with Crippen molar-refractivity contribution in [2.24, 2.45) is 5.92 Å². The van der Waals surface area contributed by atoms with Crippen LogP contribution in [0.4, 0.5) is 5.69 Å². The zero-order chi connectivity index (χ0) is 26.9. The molecule has 0 spiro atoms. The van der Waals surface area contributed by atoms with Gasteiger partial charge in [-0.2, -0.15) is 0 Å². The third-order valence-corrected chi connectivity index (χ3v) is 7.41. The van der Waals surface area contributed by atoms with Gasteiger partial charge in [-0.05, 0) is 85.9 Å². The van der Waals surface area contributed by atoms with E-state index in [0.29, 0.717) is 12.3 Å². The van der Waals surface area contributed by atoms with E-state index in [4.69, 9.17) is 5.11 Å². The fourth-order valence-corrected chi connectivity index (χ4v) is 5.15. The number of hydrogen-bond donors (Lipinski definition) is 2. The summed E-state index contributed by atoms with van der Waals surface area (Å²) in [6.07, 6.45) is 6.85. The molecule has 0 saturated heterocycles. The van der Waals surface area contributed by atoms with Gasteiger partial charge in [0.05, 0.1) is 5.92 Å². The number of hydrogen-bond acceptors (Lipinski definition) is 3. The number of aromatic nitrogens is 1. The predicted molar refractivity (Wildman–Crippen MR) is 151 cm³/mol. The summed E-state index contributed by atoms with van der Waals surface area (Å²) in [5.41, 5.74) is 8.06. The Morgan fingerprint density at radius 1 is 1.00 bits per heavy atom. The summed E-state index contributed by atoms with van der Waals surface area (Å²) in [7, 11) is 0. The molecule has 37 heavy (non-hydrogen) atoms. The highest BCUT2D eigenvalue weighted by Crippen LogP contribution is 2.39. The van der Waals surface area contributed by atoms with Crippen molar-refractivity contribution in [3.63, 3.8) is 0 Å². The molecule has 196 valence electrons. The monoisotopic (exact) mass is 500 g/mol. The molecule has 1 atom stereocenters. The van der Waals surface area contributed by atoms with Gasteiger partial charge in [0.1, 0.15) is 0 Å². The summed E-state index contributed by atoms with van der Waals surface area (Å²) in [4.78, 5) is 29.2. The number of rotatable bonds is 8. The molecule has 1 aromatic heterocycles. The van der Waals surface area contributed by atoms with Crippen molar-refractivity contribution in [1.29, 1.82) is 0 Å². The fraction of sp³-hybridized carbons (Fsp3) is 0.406. The Morgan fingerprint density at radius 2 is 1.68 bits per heavy atom. The second-order valence-electron chi connectivity index (χ2n) is 9.74. The molecule has 1 amide bonds. The lowest BCUT2D eigenvalue weighted by molar-refractivity contribution is -0.137. The summed E-state index contributed by atoms with van der Waals surface area (Å²) in [6, 6.07) is 16.2. The predicted octanol–water partition coefficient (Wildman–Crippen LogP) is 7.63. The summed E-state index contributed by atoms with van der Waals surface area (Å²) in [5.74, 6) is -0.706. The molecule has 5 heteroatoms. The van der Waals surface area contributed by atoms with Crippen LogP contribution < -0.4 is 5.32 Å². The van der Waals surface area contributed by atoms with Crippen LogP contribution in [0.25, 0.3) is 11.1 Å². The quantitative estimate of drug-likeness (QED) is 0.333. The number of anilines is 1. The molecule has 1 aliphatic rings. The molecule has 1 saturated carbocycles. The Labute approximate surface area is 221 Å². The van der Waals surface area contributed by atoms with E-state index in [1.807, 2.05) is 52.1 Å². The van der Waals surface area contributed by atoms with Crippen LogP contribution in [0.15, 0.2) is 54.7 Å². The number of amides is 1. The molecule has 2 aromatic carbocycles. The van der Waals surface area contributed by atoms with Crippen LogP contribution in [-0.2, 0) is 16.0 Å². The zero-order valence-corrected chi connectivity index (χ0v) is 22.8. The van der Waals surface area contributed by atoms with Crippen LogP contribution >= 0.6 is 0 Å². The van der Waals surface area contributed by atoms with E-state index in [1.165, 1.54) is 0 Å². The van der Waals surface area contributed by atoms with Crippen LogP contribution in [0.5, 0.6) is 0 Å². The van der Waals surface area contributed by atoms with Gasteiger partial charge in [0.25, 0.3) is 0 Å². The SMILES string of the molecule is CC.Cc1cc(-c2ccc(C(C(=O)Nc3cccc(CCC(=O)O)c3C)C3CCCC3)cc2)cnc1C. The third kappa shape index (κ3) is 7.06. The Balaban J connectivity index is 0.00000186. The van der Waals surface area contributed by atoms with E-state index >= 15 is 0 Å². The molecule has 0 aliphatic heterocycles. The number of nitrogens with zero attached hydrogens (tertiary/aromatic N) is 1. The smallest absolute Gasteiger partial charge is 0.303 e. The van der Waals surface area contributed by atoms with Crippen molar-refractivity contribution in [2.45, 2.75) is 79.1 Å². The largest absolute Gasteiger partial charge is 0.481 e. The number of aliphatic carboxylic acids is 1. The number of pyridine rings is 1. The van der Waals surface area contributed by atoms with Gasteiger partial charge in [0, 0.05) is 29.6 Å². The van der Waals surface area contributed by atoms with Crippen molar-refractivity contribution >= 4 is 17.6 Å². The summed E-state index contributed by atoms with van der Waals surface area (Å²) < 4.78 is 0. The Hall–Kier alpha value is -3.47. The summed E-state index contributed by atoms with van der Waals surface area (Å²) >= 11 is 0. The van der Waals surface area contributed by atoms with Crippen LogP contribution in [0, 0.1) is 26.7 Å². The molecule has 2 N–H and O–H groups in total. The maximum absolute atomic E-state index is 13.7. The molecule has 3 aromatic rings. The van der Waals surface area contributed by atoms with Gasteiger partial charge in [-0.3, -0.25) is 14.6 Å². The van der Waals surface area contributed by atoms with E-state index in [0.717, 1.165) is 70.4 Å². The molecule has 0 bridgehead atoms. The number of nitrogens with one attached hydrogen (secondary N) is 1. The summed E-state index contributed by atoms with van der Waals surface area (Å²) in [5, 5.41) is 12.2. The van der Waals surface area contributed by atoms with Gasteiger partial charge in [-0.25, -0.2) is 0 Å². The Kier molecular flexibility index (Phi) is 10.0. The molecule has 1 unspecified atom stereocenters. The van der Waals surface area contributed by atoms with Crippen molar-refractivity contribution < 1.29 is 14.7 Å². The minimum absolute atomic E-state index is 0.0102. The zero-order valence-electron chi connectivity index (χ0n) is 22.8. The average Bonchev–Trinajstić information content (AvgIpc) is 3.42. The van der Waals surface area contributed by atoms with Crippen molar-refractivity contribution in [1.82, 2.24) is 4.98 Å². The van der Waals surface area contributed by atoms with E-state index in [2.05, 4.69) is 47.6 Å². The van der Waals surface area contributed by atoms with Gasteiger partial charge in [0.15, 0.2) is 0 Å². The van der Waals surface area contributed by atoms with E-state index in [-0.39, 0.29) is 18.2 Å². The minimum atomic E-state index is -0.819. The third-order valence-electron chi connectivity index (χ3n) is 7.41. The van der Waals surface area contributed by atoms with Gasteiger partial charge in [-0.15, -0.1) is 0 Å². The highest BCUT2D eigenvalue weighted by Gasteiger charge is 2.32. The maximum atomic E-state index is 13.7. The van der Waals surface area contributed by atoms with Crippen LogP contribution in [0.3, 0.4) is 0 Å². The van der Waals surface area contributed by atoms with Crippen molar-refractivity contribution in [2.75, 3.05) is 5.32 Å². The normalized spacial score (nSPS) is 14.0. The van der Waals surface area contributed by atoms with E-state index in [1.54, 1.807) is 0 Å². The van der Waals surface area contributed by atoms with Gasteiger partial charge >= 0.3 is 5.97 Å². The molecule has 5 nitrogen and oxygen atoms in total. The molecule has 1 aliphatic carbocycles. The standard InChI is InChI=1S/C30H34N2O3.C2H6/c1-19-17-26(18-31-21(19)3)23-11-13-25(14-12-23)29(24-7-4-5-8-24)30(35)32-27-10-6-9-22(20(27)2)15-16-28(33)34;1-2/h6,9-14,17-18,24,29H,4-5,7-8,15-16H2,1-3H3,(H,32,35)(H,33,34);1-2H3. The summed E-state index contributed by atoms with van der Waals surface area (Å²) in [6.45, 7) is 10.0. The number of carboxylic acids is 1. The fourth-order valence-electron chi connectivity index (χ4n) is 5.15. The first-order valence-electron chi connectivity index (χ1n) is 13.5. The molecular formula is C32H40N2O3. The number of carbonyl (C=O) groups excluding carboxylic acids is 1. The van der Waals surface area contributed by atoms with Crippen LogP contribution in [-0.4, -0.2) is 22.0 Å². The topological polar surface area (TPSA) is 79.3 Å². The maximum Gasteiger partial charge on any atom is 0.303 e. The second kappa shape index (κ2) is 13.2. The van der Waals surface area contributed by atoms with Gasteiger partial charge in [-0.1, -0.05) is 63.1 Å². The minimum Gasteiger partial charge on any atom is -0.481 e. The lowest BCUT2D eigenvalue weighted by Crippen LogP contribution is -2.27. The van der Waals surface area contributed by atoms with E-state index in [9.17, 15) is 9.59 Å².